The molecule has 3 rings (SSSR count). The Morgan fingerprint density at radius 1 is 1.07 bits per heavy atom. The second-order valence-electron chi connectivity index (χ2n) is 8.48. The number of benzene rings is 2. The summed E-state index contributed by atoms with van der Waals surface area (Å²) in [6, 6.07) is 14.4. The van der Waals surface area contributed by atoms with E-state index in [4.69, 9.17) is 9.47 Å². The molecular formula is C24H27NO5. The third-order valence-corrected chi connectivity index (χ3v) is 5.17. The fourth-order valence-electron chi connectivity index (χ4n) is 3.83. The molecule has 1 atom stereocenters. The first-order valence-electron chi connectivity index (χ1n) is 9.91. The number of fused-ring (bicyclic) bond motifs is 1. The van der Waals surface area contributed by atoms with Crippen LogP contribution in [0.1, 0.15) is 51.7 Å². The molecule has 1 aliphatic heterocycles. The molecule has 0 saturated carbocycles. The maximum Gasteiger partial charge on any atom is 0.421 e. The number of carbonyl (C=O) groups excluding carboxylic acids is 3. The van der Waals surface area contributed by atoms with Gasteiger partial charge in [-0.25, -0.2) is 9.69 Å². The van der Waals surface area contributed by atoms with E-state index in [1.54, 1.807) is 46.1 Å². The number of anilines is 1. The normalized spacial score (nSPS) is 18.2. The molecule has 0 unspecified atom stereocenters. The quantitative estimate of drug-likeness (QED) is 0.720. The molecule has 6 nitrogen and oxygen atoms in total. The van der Waals surface area contributed by atoms with Gasteiger partial charge in [0.2, 0.25) is 0 Å². The van der Waals surface area contributed by atoms with E-state index in [0.717, 1.165) is 10.5 Å². The zero-order valence-corrected chi connectivity index (χ0v) is 18.0. The average molecular weight is 409 g/mol. The van der Waals surface area contributed by atoms with Gasteiger partial charge < -0.3 is 14.3 Å². The summed E-state index contributed by atoms with van der Waals surface area (Å²) in [6.45, 7) is 6.75. The lowest BCUT2D eigenvalue weighted by atomic mass is 9.71. The van der Waals surface area contributed by atoms with Gasteiger partial charge in [-0.3, -0.25) is 4.79 Å². The standard InChI is InChI=1S/C24H27NO5/c1-16(26)13-14-24(17-9-7-6-8-10-17)19-15-18(29-5)11-12-20(19)25(21(24)27)22(28)30-23(2,3)4/h6-12,15H,13-14H2,1-5H3/t24-/m0/s1. The SMILES string of the molecule is COc1ccc2c(c1)[C@](CCC(C)=O)(c1ccccc1)C(=O)N2C(=O)OC(C)(C)C. The molecule has 0 fully saturated rings. The Morgan fingerprint density at radius 2 is 1.73 bits per heavy atom. The summed E-state index contributed by atoms with van der Waals surface area (Å²) in [4.78, 5) is 39.9. The van der Waals surface area contributed by atoms with E-state index >= 15 is 0 Å². The van der Waals surface area contributed by atoms with Gasteiger partial charge in [-0.05, 0) is 57.9 Å². The Labute approximate surface area is 176 Å². The molecule has 1 heterocycles. The van der Waals surface area contributed by atoms with Crippen LogP contribution in [0.4, 0.5) is 10.5 Å². The molecule has 30 heavy (non-hydrogen) atoms. The summed E-state index contributed by atoms with van der Waals surface area (Å²) in [5.74, 6) is 0.112. The highest BCUT2D eigenvalue weighted by molar-refractivity contribution is 6.22. The highest BCUT2D eigenvalue weighted by Crippen LogP contribution is 2.50. The first kappa shape index (κ1) is 21.6. The van der Waals surface area contributed by atoms with Gasteiger partial charge in [-0.2, -0.15) is 0 Å². The minimum absolute atomic E-state index is 0.0294. The summed E-state index contributed by atoms with van der Waals surface area (Å²) in [5, 5.41) is 0. The van der Waals surface area contributed by atoms with Crippen LogP contribution in [0.5, 0.6) is 5.75 Å². The van der Waals surface area contributed by atoms with Crippen molar-refractivity contribution in [2.24, 2.45) is 0 Å². The number of imide groups is 1. The van der Waals surface area contributed by atoms with E-state index in [-0.39, 0.29) is 18.6 Å². The molecule has 0 N–H and O–H groups in total. The lowest BCUT2D eigenvalue weighted by Gasteiger charge is -2.29. The summed E-state index contributed by atoms with van der Waals surface area (Å²) in [6.07, 6.45) is -0.302. The maximum absolute atomic E-state index is 13.9. The number of methoxy groups -OCH3 is 1. The van der Waals surface area contributed by atoms with Crippen molar-refractivity contribution in [3.05, 3.63) is 59.7 Å². The molecule has 0 spiro atoms. The Balaban J connectivity index is 2.25. The molecule has 0 radical (unpaired) electrons. The Kier molecular flexibility index (Phi) is 5.70. The van der Waals surface area contributed by atoms with Crippen LogP contribution in [0.2, 0.25) is 0 Å². The predicted octanol–water partition coefficient (Wildman–Crippen LogP) is 4.63. The molecule has 2 amide bonds. The van der Waals surface area contributed by atoms with Gasteiger partial charge in [-0.15, -0.1) is 0 Å². The van der Waals surface area contributed by atoms with E-state index in [1.807, 2.05) is 30.3 Å². The summed E-state index contributed by atoms with van der Waals surface area (Å²) in [7, 11) is 1.55. The van der Waals surface area contributed by atoms with Crippen molar-refractivity contribution in [2.75, 3.05) is 12.0 Å². The summed E-state index contributed by atoms with van der Waals surface area (Å²) >= 11 is 0. The highest BCUT2D eigenvalue weighted by Gasteiger charge is 2.54. The molecule has 0 saturated heterocycles. The van der Waals surface area contributed by atoms with Gasteiger partial charge >= 0.3 is 6.09 Å². The zero-order valence-electron chi connectivity index (χ0n) is 18.0. The van der Waals surface area contributed by atoms with Crippen molar-refractivity contribution in [3.63, 3.8) is 0 Å². The fourth-order valence-corrected chi connectivity index (χ4v) is 3.83. The molecule has 2 aromatic rings. The molecule has 158 valence electrons. The van der Waals surface area contributed by atoms with Gasteiger partial charge in [0.05, 0.1) is 12.8 Å². The molecule has 2 aromatic carbocycles. The number of carbonyl (C=O) groups is 3. The summed E-state index contributed by atoms with van der Waals surface area (Å²) < 4.78 is 10.9. The monoisotopic (exact) mass is 409 g/mol. The predicted molar refractivity (Wildman–Crippen MR) is 114 cm³/mol. The Hall–Kier alpha value is -3.15. The van der Waals surface area contributed by atoms with Gasteiger partial charge in [0.25, 0.3) is 5.91 Å². The number of hydrogen-bond acceptors (Lipinski definition) is 5. The molecule has 0 aromatic heterocycles. The van der Waals surface area contributed by atoms with Crippen LogP contribution in [0.3, 0.4) is 0 Å². The van der Waals surface area contributed by atoms with E-state index in [0.29, 0.717) is 17.0 Å². The van der Waals surface area contributed by atoms with E-state index in [2.05, 4.69) is 0 Å². The second-order valence-corrected chi connectivity index (χ2v) is 8.48. The number of hydrogen-bond donors (Lipinski definition) is 0. The molecular weight excluding hydrogens is 382 g/mol. The largest absolute Gasteiger partial charge is 0.497 e. The third-order valence-electron chi connectivity index (χ3n) is 5.17. The van der Waals surface area contributed by atoms with E-state index in [1.165, 1.54) is 6.92 Å². The van der Waals surface area contributed by atoms with Crippen LogP contribution in [0, 0.1) is 0 Å². The van der Waals surface area contributed by atoms with Crippen molar-refractivity contribution < 1.29 is 23.9 Å². The zero-order chi connectivity index (χ0) is 22.1. The number of nitrogens with zero attached hydrogens (tertiary/aromatic N) is 1. The van der Waals surface area contributed by atoms with E-state index in [9.17, 15) is 14.4 Å². The van der Waals surface area contributed by atoms with Gasteiger partial charge in [0.15, 0.2) is 0 Å². The first-order valence-corrected chi connectivity index (χ1v) is 9.91. The Bertz CT molecular complexity index is 977. The average Bonchev–Trinajstić information content (AvgIpc) is 2.93. The molecule has 0 bridgehead atoms. The third kappa shape index (κ3) is 3.82. The number of ether oxygens (including phenoxy) is 2. The topological polar surface area (TPSA) is 72.9 Å². The van der Waals surface area contributed by atoms with Crippen molar-refractivity contribution >= 4 is 23.5 Å². The van der Waals surface area contributed by atoms with Gasteiger partial charge in [0, 0.05) is 12.0 Å². The van der Waals surface area contributed by atoms with Crippen molar-refractivity contribution in [1.82, 2.24) is 0 Å². The molecule has 6 heteroatoms. The highest BCUT2D eigenvalue weighted by atomic mass is 16.6. The fraction of sp³-hybridized carbons (Fsp3) is 0.375. The van der Waals surface area contributed by atoms with Crippen molar-refractivity contribution in [3.8, 4) is 5.75 Å². The number of amides is 2. The first-order chi connectivity index (χ1) is 14.1. The molecule has 1 aliphatic rings. The van der Waals surface area contributed by atoms with Crippen LogP contribution >= 0.6 is 0 Å². The van der Waals surface area contributed by atoms with Gasteiger partial charge in [0.1, 0.15) is 22.5 Å². The van der Waals surface area contributed by atoms with Crippen LogP contribution in [0.15, 0.2) is 48.5 Å². The minimum atomic E-state index is -1.19. The smallest absolute Gasteiger partial charge is 0.421 e. The number of ketones is 1. The van der Waals surface area contributed by atoms with Crippen LogP contribution in [-0.4, -0.2) is 30.5 Å². The Morgan fingerprint density at radius 3 is 2.30 bits per heavy atom. The lowest BCUT2D eigenvalue weighted by molar-refractivity contribution is -0.122. The maximum atomic E-state index is 13.9. The lowest BCUT2D eigenvalue weighted by Crippen LogP contribution is -2.46. The number of rotatable bonds is 5. The second kappa shape index (κ2) is 7.94. The summed E-state index contributed by atoms with van der Waals surface area (Å²) in [5.41, 5.74) is -0.154. The molecule has 0 aliphatic carbocycles. The van der Waals surface area contributed by atoms with Crippen LogP contribution < -0.4 is 9.64 Å². The van der Waals surface area contributed by atoms with Crippen molar-refractivity contribution in [1.29, 1.82) is 0 Å². The van der Waals surface area contributed by atoms with Gasteiger partial charge in [-0.1, -0.05) is 30.3 Å². The minimum Gasteiger partial charge on any atom is -0.497 e. The van der Waals surface area contributed by atoms with E-state index < -0.39 is 23.0 Å². The van der Waals surface area contributed by atoms with Crippen LogP contribution in [-0.2, 0) is 19.7 Å². The van der Waals surface area contributed by atoms with Crippen LogP contribution in [0.25, 0.3) is 0 Å². The number of Topliss-reactive ketones (excluding diaryl/α,β-unsaturated/α-hetero) is 1. The van der Waals surface area contributed by atoms with Crippen molar-refractivity contribution in [2.45, 2.75) is 51.6 Å².